The molecule has 4 rings (SSSR count). The number of nitrogens with zero attached hydrogens (tertiary/aromatic N) is 3. The van der Waals surface area contributed by atoms with Gasteiger partial charge in [0.2, 0.25) is 5.82 Å². The van der Waals surface area contributed by atoms with Crippen LogP contribution in [0, 0.1) is 0 Å². The van der Waals surface area contributed by atoms with Gasteiger partial charge in [-0.3, -0.25) is 0 Å². The summed E-state index contributed by atoms with van der Waals surface area (Å²) >= 11 is 4.62. The highest BCUT2D eigenvalue weighted by Gasteiger charge is 2.44. The fraction of sp³-hybridized carbons (Fsp3) is 0.312. The number of halogens is 1. The van der Waals surface area contributed by atoms with Crippen LogP contribution in [0.15, 0.2) is 38.6 Å². The van der Waals surface area contributed by atoms with Gasteiger partial charge in [-0.05, 0) is 24.3 Å². The summed E-state index contributed by atoms with van der Waals surface area (Å²) in [6.45, 7) is -0.382. The second-order valence-corrected chi connectivity index (χ2v) is 7.57. The Hall–Kier alpha value is -1.69. The Morgan fingerprint density at radius 1 is 1.12 bits per heavy atom. The first-order valence-electron chi connectivity index (χ1n) is 7.74. The Kier molecular flexibility index (Phi) is 4.86. The zero-order chi connectivity index (χ0) is 18.3. The van der Waals surface area contributed by atoms with E-state index in [1.54, 1.807) is 5.38 Å². The predicted octanol–water partition coefficient (Wildman–Crippen LogP) is 1.78. The molecule has 0 saturated carbocycles. The van der Waals surface area contributed by atoms with Crippen LogP contribution in [0.4, 0.5) is 0 Å². The summed E-state index contributed by atoms with van der Waals surface area (Å²) in [7, 11) is 0. The molecule has 0 aliphatic carbocycles. The number of hydrogen-bond donors (Lipinski definition) is 3. The molecule has 0 spiro atoms. The third-order valence-corrected chi connectivity index (χ3v) is 5.49. The van der Waals surface area contributed by atoms with E-state index in [1.165, 1.54) is 11.3 Å². The van der Waals surface area contributed by atoms with Gasteiger partial charge in [-0.2, -0.15) is 4.98 Å². The maximum atomic E-state index is 10.1. The molecule has 1 aromatic carbocycles. The van der Waals surface area contributed by atoms with Crippen molar-refractivity contribution in [2.75, 3.05) is 6.61 Å². The van der Waals surface area contributed by atoms with Gasteiger partial charge in [-0.1, -0.05) is 21.1 Å². The largest absolute Gasteiger partial charge is 0.394 e. The lowest BCUT2D eigenvalue weighted by Crippen LogP contribution is -2.32. The van der Waals surface area contributed by atoms with Gasteiger partial charge in [0.15, 0.2) is 0 Å². The summed E-state index contributed by atoms with van der Waals surface area (Å²) in [4.78, 5) is 8.72. The molecule has 0 amide bonds. The highest BCUT2D eigenvalue weighted by atomic mass is 79.9. The Bertz CT molecular complexity index is 899. The lowest BCUT2D eigenvalue weighted by atomic mass is 10.1. The molecule has 3 aromatic rings. The zero-order valence-corrected chi connectivity index (χ0v) is 15.6. The van der Waals surface area contributed by atoms with Crippen molar-refractivity contribution in [2.45, 2.75) is 24.4 Å². The van der Waals surface area contributed by atoms with Crippen LogP contribution in [0.1, 0.15) is 11.1 Å². The van der Waals surface area contributed by atoms with Crippen LogP contribution in [0.2, 0.25) is 0 Å². The molecule has 4 atom stereocenters. The minimum Gasteiger partial charge on any atom is -0.394 e. The number of hydrogen-bond acceptors (Lipinski definition) is 9. The number of aliphatic hydroxyl groups excluding tert-OH is 3. The van der Waals surface area contributed by atoms with Crippen molar-refractivity contribution in [3.8, 4) is 23.0 Å². The summed E-state index contributed by atoms with van der Waals surface area (Å²) < 4.78 is 11.7. The molecule has 2 aromatic heterocycles. The minimum atomic E-state index is -1.16. The Morgan fingerprint density at radius 2 is 1.88 bits per heavy atom. The van der Waals surface area contributed by atoms with Crippen LogP contribution >= 0.6 is 27.3 Å². The summed E-state index contributed by atoms with van der Waals surface area (Å²) in [6, 6.07) is 7.50. The van der Waals surface area contributed by atoms with E-state index in [9.17, 15) is 15.3 Å². The molecule has 1 fully saturated rings. The molecule has 3 N–H and O–H groups in total. The minimum absolute atomic E-state index is 0.247. The number of ether oxygens (including phenoxy) is 1. The normalized spacial score (nSPS) is 25.7. The molecule has 1 aliphatic rings. The second-order valence-electron chi connectivity index (χ2n) is 5.76. The van der Waals surface area contributed by atoms with Crippen LogP contribution in [0.25, 0.3) is 23.0 Å². The summed E-state index contributed by atoms with van der Waals surface area (Å²) in [5.74, 6) is 0.687. The fourth-order valence-electron chi connectivity index (χ4n) is 2.66. The van der Waals surface area contributed by atoms with Gasteiger partial charge in [-0.15, -0.1) is 11.3 Å². The first-order valence-corrected chi connectivity index (χ1v) is 9.42. The van der Waals surface area contributed by atoms with Crippen molar-refractivity contribution in [3.05, 3.63) is 39.1 Å². The third-order valence-electron chi connectivity index (χ3n) is 4.06. The molecular formula is C16H14BrN3O5S. The van der Waals surface area contributed by atoms with Crippen molar-refractivity contribution < 1.29 is 24.6 Å². The van der Waals surface area contributed by atoms with Gasteiger partial charge in [0.25, 0.3) is 5.89 Å². The number of aromatic nitrogens is 3. The van der Waals surface area contributed by atoms with Gasteiger partial charge >= 0.3 is 0 Å². The van der Waals surface area contributed by atoms with Crippen molar-refractivity contribution >= 4 is 27.3 Å². The van der Waals surface area contributed by atoms with Gasteiger partial charge in [0, 0.05) is 15.4 Å². The van der Waals surface area contributed by atoms with Gasteiger partial charge in [0.05, 0.1) is 6.61 Å². The Morgan fingerprint density at radius 3 is 2.58 bits per heavy atom. The SMILES string of the molecule is OC[C@H]1O[C@@H](c2nc(-c3nc(-c4ccc(Br)cc4)no3)cs2)[C@H](O)[C@@H]1O. The molecule has 136 valence electrons. The van der Waals surface area contributed by atoms with E-state index in [2.05, 4.69) is 31.1 Å². The molecular weight excluding hydrogens is 426 g/mol. The van der Waals surface area contributed by atoms with Crippen LogP contribution in [-0.4, -0.2) is 55.4 Å². The van der Waals surface area contributed by atoms with E-state index in [0.717, 1.165) is 10.0 Å². The number of rotatable bonds is 4. The molecule has 1 saturated heterocycles. The summed E-state index contributed by atoms with van der Waals surface area (Å²) in [6.07, 6.45) is -3.97. The van der Waals surface area contributed by atoms with Crippen LogP contribution in [0.5, 0.6) is 0 Å². The van der Waals surface area contributed by atoms with Crippen molar-refractivity contribution in [2.24, 2.45) is 0 Å². The summed E-state index contributed by atoms with van der Waals surface area (Å²) in [5, 5.41) is 35.3. The Labute approximate surface area is 160 Å². The highest BCUT2D eigenvalue weighted by Crippen LogP contribution is 2.36. The van der Waals surface area contributed by atoms with Crippen LogP contribution in [-0.2, 0) is 4.74 Å². The van der Waals surface area contributed by atoms with E-state index >= 15 is 0 Å². The van der Waals surface area contributed by atoms with E-state index in [0.29, 0.717) is 16.5 Å². The summed E-state index contributed by atoms with van der Waals surface area (Å²) in [5.41, 5.74) is 1.26. The maximum absolute atomic E-state index is 10.1. The first kappa shape index (κ1) is 17.7. The number of aliphatic hydroxyl groups is 3. The van der Waals surface area contributed by atoms with E-state index in [4.69, 9.17) is 9.26 Å². The van der Waals surface area contributed by atoms with E-state index in [1.807, 2.05) is 24.3 Å². The van der Waals surface area contributed by atoms with Crippen molar-refractivity contribution in [1.29, 1.82) is 0 Å². The van der Waals surface area contributed by atoms with Crippen LogP contribution < -0.4 is 0 Å². The highest BCUT2D eigenvalue weighted by molar-refractivity contribution is 9.10. The first-order chi connectivity index (χ1) is 12.6. The zero-order valence-electron chi connectivity index (χ0n) is 13.2. The fourth-order valence-corrected chi connectivity index (χ4v) is 3.79. The van der Waals surface area contributed by atoms with Crippen molar-refractivity contribution in [3.63, 3.8) is 0 Å². The Balaban J connectivity index is 1.56. The average molecular weight is 440 g/mol. The quantitative estimate of drug-likeness (QED) is 0.562. The lowest BCUT2D eigenvalue weighted by Gasteiger charge is -2.11. The monoisotopic (exact) mass is 439 g/mol. The smallest absolute Gasteiger partial charge is 0.277 e. The molecule has 3 heterocycles. The van der Waals surface area contributed by atoms with Gasteiger partial charge in [-0.25, -0.2) is 4.98 Å². The lowest BCUT2D eigenvalue weighted by molar-refractivity contribution is -0.0227. The molecule has 0 radical (unpaired) electrons. The molecule has 0 unspecified atom stereocenters. The predicted molar refractivity (Wildman–Crippen MR) is 95.3 cm³/mol. The van der Waals surface area contributed by atoms with E-state index in [-0.39, 0.29) is 12.5 Å². The molecule has 8 nitrogen and oxygen atoms in total. The maximum Gasteiger partial charge on any atom is 0.277 e. The molecule has 26 heavy (non-hydrogen) atoms. The average Bonchev–Trinajstić information content (AvgIpc) is 3.36. The van der Waals surface area contributed by atoms with Gasteiger partial charge < -0.3 is 24.6 Å². The van der Waals surface area contributed by atoms with Gasteiger partial charge in [0.1, 0.15) is 35.1 Å². The topological polar surface area (TPSA) is 122 Å². The molecule has 0 bridgehead atoms. The van der Waals surface area contributed by atoms with Crippen molar-refractivity contribution in [1.82, 2.24) is 15.1 Å². The third kappa shape index (κ3) is 3.20. The number of thiazole rings is 1. The second kappa shape index (κ2) is 7.14. The van der Waals surface area contributed by atoms with Crippen LogP contribution in [0.3, 0.4) is 0 Å². The standard InChI is InChI=1S/C16H14BrN3O5S/c17-8-3-1-7(2-4-8)14-19-15(25-20-14)9-6-26-16(18-9)13-12(23)11(22)10(5-21)24-13/h1-4,6,10-13,21-23H,5H2/t10-,11-,12-,13-/m1/s1. The number of benzene rings is 1. The molecule has 10 heteroatoms. The van der Waals surface area contributed by atoms with E-state index < -0.39 is 24.4 Å². The molecule has 1 aliphatic heterocycles.